The summed E-state index contributed by atoms with van der Waals surface area (Å²) < 4.78 is 10.9. The van der Waals surface area contributed by atoms with E-state index in [4.69, 9.17) is 4.74 Å². The molecule has 0 fully saturated rings. The molecule has 0 aliphatic heterocycles. The van der Waals surface area contributed by atoms with Crippen LogP contribution in [0, 0.1) is 0 Å². The van der Waals surface area contributed by atoms with Crippen molar-refractivity contribution in [3.63, 3.8) is 0 Å². The van der Waals surface area contributed by atoms with Crippen LogP contribution in [0.5, 0.6) is 0 Å². The molecule has 1 rings (SSSR count). The summed E-state index contributed by atoms with van der Waals surface area (Å²) >= 11 is 0. The van der Waals surface area contributed by atoms with E-state index in [0.717, 1.165) is 0 Å². The number of nitrogens with zero attached hydrogens (tertiary/aromatic N) is 2. The van der Waals surface area contributed by atoms with Crippen molar-refractivity contribution in [2.45, 2.75) is 51.7 Å². The molecule has 7 nitrogen and oxygen atoms in total. The molecule has 118 valence electrons. The lowest BCUT2D eigenvalue weighted by molar-refractivity contribution is -0.153. The van der Waals surface area contributed by atoms with E-state index in [1.807, 2.05) is 0 Å². The average molecular weight is 298 g/mol. The minimum atomic E-state index is -1.38. The predicted molar refractivity (Wildman–Crippen MR) is 74.9 cm³/mol. The summed E-state index contributed by atoms with van der Waals surface area (Å²) in [7, 11) is 1.20. The summed E-state index contributed by atoms with van der Waals surface area (Å²) in [5.41, 5.74) is -1.24. The Morgan fingerprint density at radius 2 is 1.86 bits per heavy atom. The maximum absolute atomic E-state index is 11.9. The zero-order valence-electron chi connectivity index (χ0n) is 13.2. The summed E-state index contributed by atoms with van der Waals surface area (Å²) in [6.07, 6.45) is 0.754. The molecule has 0 aliphatic rings. The number of rotatable bonds is 3. The van der Waals surface area contributed by atoms with Crippen molar-refractivity contribution in [2.24, 2.45) is 0 Å². The maximum Gasteiger partial charge on any atom is 0.419 e. The zero-order chi connectivity index (χ0) is 16.4. The molecule has 0 aromatic carbocycles. The van der Waals surface area contributed by atoms with Crippen molar-refractivity contribution >= 4 is 12.1 Å². The number of aromatic nitrogens is 2. The Morgan fingerprint density at radius 1 is 1.29 bits per heavy atom. The number of ether oxygens (including phenoxy) is 2. The van der Waals surface area contributed by atoms with Gasteiger partial charge in [-0.2, -0.15) is 0 Å². The Morgan fingerprint density at radius 3 is 2.33 bits per heavy atom. The number of hydrogen-bond acceptors (Lipinski definition) is 6. The molecule has 0 amide bonds. The summed E-state index contributed by atoms with van der Waals surface area (Å²) in [6, 6.07) is 0. The van der Waals surface area contributed by atoms with Crippen LogP contribution in [-0.2, 0) is 19.7 Å². The average Bonchev–Trinajstić information content (AvgIpc) is 2.85. The molecule has 1 aromatic rings. The number of methoxy groups -OCH3 is 1. The van der Waals surface area contributed by atoms with E-state index in [-0.39, 0.29) is 0 Å². The van der Waals surface area contributed by atoms with Gasteiger partial charge in [-0.1, -0.05) is 13.8 Å². The van der Waals surface area contributed by atoms with Gasteiger partial charge in [-0.05, 0) is 20.8 Å². The first-order chi connectivity index (χ1) is 9.49. The number of imidazole rings is 1. The quantitative estimate of drug-likeness (QED) is 0.850. The first-order valence-electron chi connectivity index (χ1n) is 6.52. The lowest BCUT2D eigenvalue weighted by Gasteiger charge is -2.26. The fourth-order valence-corrected chi connectivity index (χ4v) is 1.62. The van der Waals surface area contributed by atoms with Crippen LogP contribution in [-0.4, -0.2) is 45.5 Å². The van der Waals surface area contributed by atoms with Crippen molar-refractivity contribution in [1.29, 1.82) is 0 Å². The standard InChI is InChI=1S/C14H22N2O5/c1-13(2,3)21-12(19)16-7-9(15-8-16)14(4,5)10(17)11(18)20-6/h7-8,10,17H,1-6H3. The molecule has 0 spiro atoms. The number of carbonyl (C=O) groups is 2. The number of aliphatic hydroxyl groups excluding tert-OH is 1. The van der Waals surface area contributed by atoms with E-state index in [9.17, 15) is 14.7 Å². The minimum Gasteiger partial charge on any atom is -0.467 e. The van der Waals surface area contributed by atoms with Crippen LogP contribution in [0.3, 0.4) is 0 Å². The van der Waals surface area contributed by atoms with Crippen LogP contribution >= 0.6 is 0 Å². The fourth-order valence-electron chi connectivity index (χ4n) is 1.62. The van der Waals surface area contributed by atoms with E-state index in [2.05, 4.69) is 9.72 Å². The van der Waals surface area contributed by atoms with Crippen LogP contribution in [0.4, 0.5) is 4.79 Å². The maximum atomic E-state index is 11.9. The van der Waals surface area contributed by atoms with Crippen molar-refractivity contribution in [1.82, 2.24) is 9.55 Å². The van der Waals surface area contributed by atoms with Gasteiger partial charge in [0.1, 0.15) is 11.9 Å². The molecule has 21 heavy (non-hydrogen) atoms. The minimum absolute atomic E-state index is 0.381. The second kappa shape index (κ2) is 5.85. The molecule has 1 N–H and O–H groups in total. The zero-order valence-corrected chi connectivity index (χ0v) is 13.2. The van der Waals surface area contributed by atoms with E-state index in [1.165, 1.54) is 24.2 Å². The first-order valence-corrected chi connectivity index (χ1v) is 6.52. The topological polar surface area (TPSA) is 90.7 Å². The van der Waals surface area contributed by atoms with Gasteiger partial charge in [0, 0.05) is 11.6 Å². The molecule has 0 saturated heterocycles. The van der Waals surface area contributed by atoms with Crippen molar-refractivity contribution < 1.29 is 24.2 Å². The summed E-state index contributed by atoms with van der Waals surface area (Å²) in [4.78, 5) is 27.4. The smallest absolute Gasteiger partial charge is 0.419 e. The van der Waals surface area contributed by atoms with Gasteiger partial charge in [-0.3, -0.25) is 0 Å². The normalized spacial score (nSPS) is 13.7. The lowest BCUT2D eigenvalue weighted by atomic mass is 9.83. The molecular formula is C14H22N2O5. The van der Waals surface area contributed by atoms with E-state index < -0.39 is 29.2 Å². The molecular weight excluding hydrogens is 276 g/mol. The molecule has 1 heterocycles. The van der Waals surface area contributed by atoms with Gasteiger partial charge in [-0.25, -0.2) is 19.1 Å². The largest absolute Gasteiger partial charge is 0.467 e. The van der Waals surface area contributed by atoms with Crippen LogP contribution in [0.25, 0.3) is 0 Å². The third kappa shape index (κ3) is 4.04. The van der Waals surface area contributed by atoms with Gasteiger partial charge in [0.15, 0.2) is 6.10 Å². The van der Waals surface area contributed by atoms with Gasteiger partial charge in [0.25, 0.3) is 0 Å². The second-order valence-electron chi connectivity index (χ2n) is 6.29. The number of carbonyl (C=O) groups excluding carboxylic acids is 2. The molecule has 1 aromatic heterocycles. The van der Waals surface area contributed by atoms with Crippen LogP contribution in [0.2, 0.25) is 0 Å². The van der Waals surface area contributed by atoms with Crippen LogP contribution in [0.1, 0.15) is 40.3 Å². The molecule has 0 saturated carbocycles. The number of aliphatic hydroxyl groups is 1. The fraction of sp³-hybridized carbons (Fsp3) is 0.643. The highest BCUT2D eigenvalue weighted by atomic mass is 16.6. The number of esters is 1. The second-order valence-corrected chi connectivity index (χ2v) is 6.29. The molecule has 0 radical (unpaired) electrons. The van der Waals surface area contributed by atoms with Gasteiger partial charge in [0.05, 0.1) is 12.8 Å². The van der Waals surface area contributed by atoms with Crippen LogP contribution in [0.15, 0.2) is 12.5 Å². The van der Waals surface area contributed by atoms with Gasteiger partial charge in [-0.15, -0.1) is 0 Å². The lowest BCUT2D eigenvalue weighted by Crippen LogP contribution is -2.41. The Kier molecular flexibility index (Phi) is 4.78. The summed E-state index contributed by atoms with van der Waals surface area (Å²) in [5, 5.41) is 9.99. The Labute approximate surface area is 123 Å². The van der Waals surface area contributed by atoms with Gasteiger partial charge >= 0.3 is 12.1 Å². The third-order valence-electron chi connectivity index (χ3n) is 2.96. The third-order valence-corrected chi connectivity index (χ3v) is 2.96. The Balaban J connectivity index is 2.97. The highest BCUT2D eigenvalue weighted by Gasteiger charge is 2.38. The Hall–Kier alpha value is -1.89. The SMILES string of the molecule is COC(=O)C(O)C(C)(C)c1cn(C(=O)OC(C)(C)C)cn1. The van der Waals surface area contributed by atoms with Crippen LogP contribution < -0.4 is 0 Å². The predicted octanol–water partition coefficient (Wildman–Crippen LogP) is 1.48. The van der Waals surface area contributed by atoms with Gasteiger partial charge in [0.2, 0.25) is 0 Å². The molecule has 1 unspecified atom stereocenters. The van der Waals surface area contributed by atoms with Crippen molar-refractivity contribution in [3.8, 4) is 0 Å². The van der Waals surface area contributed by atoms with E-state index in [1.54, 1.807) is 34.6 Å². The van der Waals surface area contributed by atoms with Gasteiger partial charge < -0.3 is 14.6 Å². The summed E-state index contributed by atoms with van der Waals surface area (Å²) in [6.45, 7) is 8.54. The van der Waals surface area contributed by atoms with Crippen molar-refractivity contribution in [3.05, 3.63) is 18.2 Å². The molecule has 7 heteroatoms. The van der Waals surface area contributed by atoms with Crippen molar-refractivity contribution in [2.75, 3.05) is 7.11 Å². The Bertz CT molecular complexity index is 528. The molecule has 0 aliphatic carbocycles. The highest BCUT2D eigenvalue weighted by molar-refractivity contribution is 5.76. The van der Waals surface area contributed by atoms with E-state index in [0.29, 0.717) is 5.69 Å². The number of hydrogen-bond donors (Lipinski definition) is 1. The molecule has 1 atom stereocenters. The summed E-state index contributed by atoms with van der Waals surface area (Å²) in [5.74, 6) is -0.758. The van der Waals surface area contributed by atoms with E-state index >= 15 is 0 Å². The monoisotopic (exact) mass is 298 g/mol. The highest BCUT2D eigenvalue weighted by Crippen LogP contribution is 2.26. The first kappa shape index (κ1) is 17.2. The molecule has 0 bridgehead atoms.